The highest BCUT2D eigenvalue weighted by molar-refractivity contribution is 7.98. The number of rotatable bonds is 4. The summed E-state index contributed by atoms with van der Waals surface area (Å²) < 4.78 is 5.07. The van der Waals surface area contributed by atoms with Crippen molar-refractivity contribution >= 4 is 17.4 Å². The summed E-state index contributed by atoms with van der Waals surface area (Å²) in [4.78, 5) is 8.37. The van der Waals surface area contributed by atoms with Crippen molar-refractivity contribution in [3.8, 4) is 0 Å². The number of anilines is 1. The summed E-state index contributed by atoms with van der Waals surface area (Å²) in [6.45, 7) is 1.98. The highest BCUT2D eigenvalue weighted by atomic mass is 32.2. The van der Waals surface area contributed by atoms with Crippen molar-refractivity contribution < 1.29 is 4.52 Å². The summed E-state index contributed by atoms with van der Waals surface area (Å²) >= 11 is 1.49. The molecule has 0 aliphatic rings. The van der Waals surface area contributed by atoms with Crippen LogP contribution in [0.3, 0.4) is 0 Å². The van der Waals surface area contributed by atoms with Crippen molar-refractivity contribution in [1.29, 1.82) is 0 Å². The zero-order valence-corrected chi connectivity index (χ0v) is 9.70. The van der Waals surface area contributed by atoms with Gasteiger partial charge in [0.05, 0.1) is 11.4 Å². The fraction of sp³-hybridized carbons (Fsp3) is 0.300. The Morgan fingerprint density at radius 3 is 3.06 bits per heavy atom. The Bertz CT molecular complexity index is 471. The molecular formula is C10H12N4OS. The number of nitrogens with zero attached hydrogens (tertiary/aromatic N) is 3. The molecule has 0 atom stereocenters. The van der Waals surface area contributed by atoms with Crippen LogP contribution in [0.25, 0.3) is 0 Å². The molecule has 2 heterocycles. The minimum atomic E-state index is 0.591. The molecule has 16 heavy (non-hydrogen) atoms. The van der Waals surface area contributed by atoms with Crippen molar-refractivity contribution in [2.24, 2.45) is 0 Å². The molecule has 0 saturated carbocycles. The Morgan fingerprint density at radius 1 is 1.50 bits per heavy atom. The molecule has 0 fully saturated rings. The van der Waals surface area contributed by atoms with Crippen molar-refractivity contribution in [2.75, 3.05) is 5.73 Å². The highest BCUT2D eigenvalue weighted by Gasteiger charge is 2.07. The SMILES string of the molecule is CCc1noc(CSc2ncccc2N)n1. The first-order valence-corrected chi connectivity index (χ1v) is 5.93. The Kier molecular flexibility index (Phi) is 3.40. The molecule has 0 unspecified atom stereocenters. The normalized spacial score (nSPS) is 10.6. The fourth-order valence-electron chi connectivity index (χ4n) is 1.15. The molecule has 6 heteroatoms. The molecule has 0 bridgehead atoms. The van der Waals surface area contributed by atoms with E-state index in [9.17, 15) is 0 Å². The number of hydrogen-bond donors (Lipinski definition) is 1. The van der Waals surface area contributed by atoms with Crippen LogP contribution in [0.2, 0.25) is 0 Å². The van der Waals surface area contributed by atoms with Crippen LogP contribution in [-0.2, 0) is 12.2 Å². The number of nitrogens with two attached hydrogens (primary N) is 1. The second-order valence-electron chi connectivity index (χ2n) is 3.14. The van der Waals surface area contributed by atoms with Gasteiger partial charge in [-0.05, 0) is 12.1 Å². The van der Waals surface area contributed by atoms with E-state index in [1.807, 2.05) is 13.0 Å². The lowest BCUT2D eigenvalue weighted by atomic mass is 10.4. The molecular weight excluding hydrogens is 224 g/mol. The van der Waals surface area contributed by atoms with Gasteiger partial charge in [-0.2, -0.15) is 4.98 Å². The molecule has 0 aromatic carbocycles. The summed E-state index contributed by atoms with van der Waals surface area (Å²) in [5.41, 5.74) is 6.44. The maximum absolute atomic E-state index is 5.77. The second-order valence-corrected chi connectivity index (χ2v) is 4.11. The third-order valence-corrected chi connectivity index (χ3v) is 2.97. The van der Waals surface area contributed by atoms with Gasteiger partial charge >= 0.3 is 0 Å². The van der Waals surface area contributed by atoms with Gasteiger partial charge in [0.25, 0.3) is 0 Å². The summed E-state index contributed by atoms with van der Waals surface area (Å²) in [5.74, 6) is 1.92. The van der Waals surface area contributed by atoms with Gasteiger partial charge in [0.2, 0.25) is 5.89 Å². The molecule has 2 aromatic heterocycles. The quantitative estimate of drug-likeness (QED) is 0.817. The molecule has 0 radical (unpaired) electrons. The summed E-state index contributed by atoms with van der Waals surface area (Å²) in [5, 5.41) is 4.61. The highest BCUT2D eigenvalue weighted by Crippen LogP contribution is 2.24. The van der Waals surface area contributed by atoms with Crippen LogP contribution in [0.1, 0.15) is 18.6 Å². The topological polar surface area (TPSA) is 77.8 Å². The van der Waals surface area contributed by atoms with Gasteiger partial charge < -0.3 is 10.3 Å². The first kappa shape index (κ1) is 10.9. The van der Waals surface area contributed by atoms with E-state index in [1.165, 1.54) is 11.8 Å². The number of thioether (sulfide) groups is 1. The number of hydrogen-bond acceptors (Lipinski definition) is 6. The number of aryl methyl sites for hydroxylation is 1. The molecule has 5 nitrogen and oxygen atoms in total. The Hall–Kier alpha value is -1.56. The molecule has 0 amide bonds. The van der Waals surface area contributed by atoms with E-state index < -0.39 is 0 Å². The van der Waals surface area contributed by atoms with Crippen LogP contribution >= 0.6 is 11.8 Å². The van der Waals surface area contributed by atoms with Crippen LogP contribution in [0.4, 0.5) is 5.69 Å². The van der Waals surface area contributed by atoms with Gasteiger partial charge in [-0.1, -0.05) is 23.8 Å². The lowest BCUT2D eigenvalue weighted by Crippen LogP contribution is -1.91. The van der Waals surface area contributed by atoms with Gasteiger partial charge in [0, 0.05) is 12.6 Å². The van der Waals surface area contributed by atoms with Crippen LogP contribution in [-0.4, -0.2) is 15.1 Å². The van der Waals surface area contributed by atoms with E-state index in [0.717, 1.165) is 17.3 Å². The molecule has 0 aliphatic carbocycles. The predicted molar refractivity (Wildman–Crippen MR) is 61.9 cm³/mol. The van der Waals surface area contributed by atoms with E-state index in [4.69, 9.17) is 10.3 Å². The molecule has 0 aliphatic heterocycles. The number of pyridine rings is 1. The lowest BCUT2D eigenvalue weighted by Gasteiger charge is -2.00. The molecule has 2 N–H and O–H groups in total. The zero-order chi connectivity index (χ0) is 11.4. The maximum atomic E-state index is 5.77. The van der Waals surface area contributed by atoms with Crippen LogP contribution in [0.5, 0.6) is 0 Å². The second kappa shape index (κ2) is 4.98. The molecule has 2 rings (SSSR count). The van der Waals surface area contributed by atoms with Crippen molar-refractivity contribution in [3.63, 3.8) is 0 Å². The van der Waals surface area contributed by atoms with Crippen molar-refractivity contribution in [1.82, 2.24) is 15.1 Å². The molecule has 2 aromatic rings. The largest absolute Gasteiger partial charge is 0.397 e. The fourth-order valence-corrected chi connectivity index (χ4v) is 1.89. The van der Waals surface area contributed by atoms with Crippen molar-refractivity contribution in [3.05, 3.63) is 30.0 Å². The van der Waals surface area contributed by atoms with Gasteiger partial charge in [-0.3, -0.25) is 0 Å². The van der Waals surface area contributed by atoms with Gasteiger partial charge in [-0.25, -0.2) is 4.98 Å². The lowest BCUT2D eigenvalue weighted by molar-refractivity contribution is 0.385. The molecule has 0 spiro atoms. The molecule has 84 valence electrons. The number of nitrogen functional groups attached to an aromatic ring is 1. The standard InChI is InChI=1S/C10H12N4OS/c1-2-8-13-9(15-14-8)6-16-10-7(11)4-3-5-12-10/h3-5H,2,6,11H2,1H3. The predicted octanol–water partition coefficient (Wildman–Crippen LogP) is 1.90. The van der Waals surface area contributed by atoms with Gasteiger partial charge in [0.15, 0.2) is 5.82 Å². The van der Waals surface area contributed by atoms with Crippen molar-refractivity contribution in [2.45, 2.75) is 24.1 Å². The third kappa shape index (κ3) is 2.52. The summed E-state index contributed by atoms with van der Waals surface area (Å²) in [6.07, 6.45) is 2.49. The summed E-state index contributed by atoms with van der Waals surface area (Å²) in [6, 6.07) is 3.63. The van der Waals surface area contributed by atoms with Gasteiger partial charge in [0.1, 0.15) is 5.03 Å². The minimum absolute atomic E-state index is 0.591. The van der Waals surface area contributed by atoms with E-state index in [2.05, 4.69) is 15.1 Å². The zero-order valence-electron chi connectivity index (χ0n) is 8.88. The Labute approximate surface area is 97.5 Å². The van der Waals surface area contributed by atoms with Crippen LogP contribution < -0.4 is 5.73 Å². The molecule has 0 saturated heterocycles. The average molecular weight is 236 g/mol. The van der Waals surface area contributed by atoms with E-state index in [0.29, 0.717) is 17.3 Å². The smallest absolute Gasteiger partial charge is 0.237 e. The van der Waals surface area contributed by atoms with E-state index in [-0.39, 0.29) is 0 Å². The van der Waals surface area contributed by atoms with E-state index in [1.54, 1.807) is 12.3 Å². The summed E-state index contributed by atoms with van der Waals surface area (Å²) in [7, 11) is 0. The van der Waals surface area contributed by atoms with Crippen LogP contribution in [0, 0.1) is 0 Å². The third-order valence-electron chi connectivity index (χ3n) is 1.96. The minimum Gasteiger partial charge on any atom is -0.397 e. The Morgan fingerprint density at radius 2 is 2.38 bits per heavy atom. The van der Waals surface area contributed by atoms with E-state index >= 15 is 0 Å². The number of aromatic nitrogens is 3. The first-order valence-electron chi connectivity index (χ1n) is 4.94. The monoisotopic (exact) mass is 236 g/mol. The first-order chi connectivity index (χ1) is 7.79. The van der Waals surface area contributed by atoms with Gasteiger partial charge in [-0.15, -0.1) is 0 Å². The average Bonchev–Trinajstić information content (AvgIpc) is 2.76. The maximum Gasteiger partial charge on any atom is 0.237 e. The Balaban J connectivity index is 1.99. The van der Waals surface area contributed by atoms with Crippen LogP contribution in [0.15, 0.2) is 27.9 Å².